The Kier molecular flexibility index (Phi) is 1.33. The van der Waals surface area contributed by atoms with E-state index in [-0.39, 0.29) is 0 Å². The third-order valence-corrected chi connectivity index (χ3v) is 2.07. The molecule has 2 aromatic heterocycles. The number of halogens is 1. The standard InChI is InChI=1S/C6H4IN3/c7-10-4-9-5-1-2-8-3-6(5)10/h1-4H. The summed E-state index contributed by atoms with van der Waals surface area (Å²) in [6.07, 6.45) is 5.31. The maximum Gasteiger partial charge on any atom is 0.105 e. The van der Waals surface area contributed by atoms with Gasteiger partial charge in [-0.3, -0.25) is 7.76 Å². The van der Waals surface area contributed by atoms with Crippen LogP contribution in [0.15, 0.2) is 24.8 Å². The Morgan fingerprint density at radius 3 is 3.20 bits per heavy atom. The molecule has 0 aliphatic heterocycles. The minimum atomic E-state index is 0.990. The number of fused-ring (bicyclic) bond motifs is 1. The Bertz CT molecular complexity index is 355. The Balaban J connectivity index is 2.93. The van der Waals surface area contributed by atoms with Gasteiger partial charge in [-0.2, -0.15) is 0 Å². The van der Waals surface area contributed by atoms with Gasteiger partial charge in [-0.1, -0.05) is 0 Å². The van der Waals surface area contributed by atoms with Crippen LogP contribution in [0.3, 0.4) is 0 Å². The molecule has 2 heterocycles. The molecular weight excluding hydrogens is 241 g/mol. The van der Waals surface area contributed by atoms with Gasteiger partial charge in [0.05, 0.1) is 40.1 Å². The molecule has 10 heavy (non-hydrogen) atoms. The van der Waals surface area contributed by atoms with E-state index in [0.717, 1.165) is 11.0 Å². The lowest BCUT2D eigenvalue weighted by Gasteiger charge is -1.87. The minimum absolute atomic E-state index is 0.990. The second-order valence-corrected chi connectivity index (χ2v) is 2.96. The Hall–Kier alpha value is -0.650. The highest BCUT2D eigenvalue weighted by atomic mass is 127. The lowest BCUT2D eigenvalue weighted by Crippen LogP contribution is -1.75. The molecule has 0 saturated carbocycles. The Morgan fingerprint density at radius 2 is 2.40 bits per heavy atom. The van der Waals surface area contributed by atoms with Crippen molar-refractivity contribution in [1.82, 2.24) is 12.7 Å². The first-order valence-electron chi connectivity index (χ1n) is 2.81. The van der Waals surface area contributed by atoms with Crippen molar-refractivity contribution in [3.05, 3.63) is 24.8 Å². The van der Waals surface area contributed by atoms with Gasteiger partial charge in [0.2, 0.25) is 0 Å². The van der Waals surface area contributed by atoms with Gasteiger partial charge in [-0.15, -0.1) is 0 Å². The molecule has 0 N–H and O–H groups in total. The van der Waals surface area contributed by atoms with Crippen LogP contribution in [0.5, 0.6) is 0 Å². The Labute approximate surface area is 71.6 Å². The summed E-state index contributed by atoms with van der Waals surface area (Å²) >= 11 is 2.17. The van der Waals surface area contributed by atoms with Crippen molar-refractivity contribution < 1.29 is 0 Å². The molecule has 0 saturated heterocycles. The molecule has 0 aliphatic carbocycles. The molecule has 0 fully saturated rings. The summed E-state index contributed by atoms with van der Waals surface area (Å²) in [4.78, 5) is 8.11. The zero-order valence-corrected chi connectivity index (χ0v) is 7.19. The van der Waals surface area contributed by atoms with Crippen molar-refractivity contribution in [1.29, 1.82) is 0 Å². The molecule has 4 heteroatoms. The summed E-state index contributed by atoms with van der Waals surface area (Å²) in [5.74, 6) is 0. The highest BCUT2D eigenvalue weighted by Gasteiger charge is 1.96. The molecule has 3 nitrogen and oxygen atoms in total. The summed E-state index contributed by atoms with van der Waals surface area (Å²) in [6, 6.07) is 1.89. The van der Waals surface area contributed by atoms with Crippen molar-refractivity contribution in [2.24, 2.45) is 0 Å². The third kappa shape index (κ3) is 0.792. The molecule has 0 spiro atoms. The fourth-order valence-corrected chi connectivity index (χ4v) is 1.32. The molecule has 0 bridgehead atoms. The van der Waals surface area contributed by atoms with E-state index in [1.165, 1.54) is 0 Å². The van der Waals surface area contributed by atoms with E-state index in [9.17, 15) is 0 Å². The summed E-state index contributed by atoms with van der Waals surface area (Å²) in [5.41, 5.74) is 2.05. The van der Waals surface area contributed by atoms with Crippen LogP contribution in [0.25, 0.3) is 11.0 Å². The third-order valence-electron chi connectivity index (χ3n) is 1.31. The summed E-state index contributed by atoms with van der Waals surface area (Å²) in [7, 11) is 0. The lowest BCUT2D eigenvalue weighted by atomic mass is 10.4. The zero-order chi connectivity index (χ0) is 6.97. The van der Waals surface area contributed by atoms with Gasteiger partial charge in [0.1, 0.15) is 6.33 Å². The van der Waals surface area contributed by atoms with Crippen LogP contribution >= 0.6 is 22.9 Å². The maximum absolute atomic E-state index is 4.13. The summed E-state index contributed by atoms with van der Waals surface area (Å²) < 4.78 is 1.92. The average molecular weight is 245 g/mol. The van der Waals surface area contributed by atoms with E-state index in [2.05, 4.69) is 32.8 Å². The number of aromatic nitrogens is 3. The SMILES string of the molecule is In1cnc2ccncc21. The fourth-order valence-electron chi connectivity index (χ4n) is 0.828. The molecule has 50 valence electrons. The van der Waals surface area contributed by atoms with Gasteiger partial charge in [0.25, 0.3) is 0 Å². The van der Waals surface area contributed by atoms with Gasteiger partial charge in [0, 0.05) is 6.20 Å². The van der Waals surface area contributed by atoms with E-state index >= 15 is 0 Å². The van der Waals surface area contributed by atoms with Gasteiger partial charge in [0.15, 0.2) is 0 Å². The first kappa shape index (κ1) is 6.09. The number of hydrogen-bond acceptors (Lipinski definition) is 2. The number of rotatable bonds is 0. The van der Waals surface area contributed by atoms with Gasteiger partial charge in [-0.25, -0.2) is 4.98 Å². The van der Waals surface area contributed by atoms with Crippen molar-refractivity contribution in [3.63, 3.8) is 0 Å². The van der Waals surface area contributed by atoms with E-state index in [0.29, 0.717) is 0 Å². The molecule has 2 rings (SSSR count). The predicted molar refractivity (Wildman–Crippen MR) is 46.9 cm³/mol. The second kappa shape index (κ2) is 2.19. The zero-order valence-electron chi connectivity index (χ0n) is 5.03. The van der Waals surface area contributed by atoms with Gasteiger partial charge in [-0.05, 0) is 6.07 Å². The molecule has 0 amide bonds. The molecular formula is C6H4IN3. The number of hydrogen-bond donors (Lipinski definition) is 0. The van der Waals surface area contributed by atoms with Crippen LogP contribution in [0, 0.1) is 0 Å². The van der Waals surface area contributed by atoms with Crippen molar-refractivity contribution in [3.8, 4) is 0 Å². The maximum atomic E-state index is 4.13. The average Bonchev–Trinajstić information content (AvgIpc) is 2.34. The Morgan fingerprint density at radius 1 is 1.50 bits per heavy atom. The summed E-state index contributed by atoms with van der Waals surface area (Å²) in [6.45, 7) is 0. The van der Waals surface area contributed by atoms with E-state index in [4.69, 9.17) is 0 Å². The van der Waals surface area contributed by atoms with Crippen LogP contribution in [0.1, 0.15) is 0 Å². The number of nitrogens with zero attached hydrogens (tertiary/aromatic N) is 3. The molecule has 0 aromatic carbocycles. The van der Waals surface area contributed by atoms with Crippen LogP contribution in [-0.4, -0.2) is 12.7 Å². The van der Waals surface area contributed by atoms with E-state index in [1.54, 1.807) is 18.7 Å². The molecule has 2 aromatic rings. The van der Waals surface area contributed by atoms with Crippen LogP contribution in [0.2, 0.25) is 0 Å². The highest BCUT2D eigenvalue weighted by Crippen LogP contribution is 2.11. The molecule has 0 atom stereocenters. The normalized spacial score (nSPS) is 10.5. The second-order valence-electron chi connectivity index (χ2n) is 1.92. The topological polar surface area (TPSA) is 30.7 Å². The quantitative estimate of drug-likeness (QED) is 0.660. The van der Waals surface area contributed by atoms with Crippen LogP contribution in [0.4, 0.5) is 0 Å². The summed E-state index contributed by atoms with van der Waals surface area (Å²) in [5, 5.41) is 0. The van der Waals surface area contributed by atoms with Gasteiger partial charge >= 0.3 is 0 Å². The predicted octanol–water partition coefficient (Wildman–Crippen LogP) is 1.63. The van der Waals surface area contributed by atoms with E-state index < -0.39 is 0 Å². The van der Waals surface area contributed by atoms with Crippen molar-refractivity contribution >= 4 is 33.9 Å². The minimum Gasteiger partial charge on any atom is -0.269 e. The van der Waals surface area contributed by atoms with Crippen molar-refractivity contribution in [2.75, 3.05) is 0 Å². The molecule has 0 unspecified atom stereocenters. The fraction of sp³-hybridized carbons (Fsp3) is 0. The largest absolute Gasteiger partial charge is 0.269 e. The van der Waals surface area contributed by atoms with E-state index in [1.807, 2.05) is 8.85 Å². The first-order valence-corrected chi connectivity index (χ1v) is 3.77. The first-order chi connectivity index (χ1) is 4.88. The van der Waals surface area contributed by atoms with Crippen LogP contribution < -0.4 is 0 Å². The highest BCUT2D eigenvalue weighted by molar-refractivity contribution is 14.1. The molecule has 0 aliphatic rings. The number of imidazole rings is 1. The monoisotopic (exact) mass is 245 g/mol. The lowest BCUT2D eigenvalue weighted by molar-refractivity contribution is 1.30. The van der Waals surface area contributed by atoms with Crippen molar-refractivity contribution in [2.45, 2.75) is 0 Å². The van der Waals surface area contributed by atoms with Crippen LogP contribution in [-0.2, 0) is 0 Å². The molecule has 0 radical (unpaired) electrons. The smallest absolute Gasteiger partial charge is 0.105 e. The van der Waals surface area contributed by atoms with Gasteiger partial charge < -0.3 is 0 Å². The number of pyridine rings is 1.